The molecule has 8 nitrogen and oxygen atoms in total. The molecule has 1 aromatic heterocycles. The van der Waals surface area contributed by atoms with Crippen LogP contribution in [0.3, 0.4) is 0 Å². The molecule has 1 atom stereocenters. The summed E-state index contributed by atoms with van der Waals surface area (Å²) >= 11 is 5.97. The molecule has 3 amide bonds. The third kappa shape index (κ3) is 5.23. The molecule has 4 aromatic rings. The molecule has 1 unspecified atom stereocenters. The van der Waals surface area contributed by atoms with Crippen LogP contribution in [0.5, 0.6) is 11.5 Å². The lowest BCUT2D eigenvalue weighted by molar-refractivity contribution is -0.120. The molecular formula is C31H28ClF2N5O3. The predicted molar refractivity (Wildman–Crippen MR) is 154 cm³/mol. The standard InChI is InChI=1S/C31H28ClF2N5O3/c1-3-26-23-12-19(30-35-15-28(37(30)2)39-11-10-27(40)36-31(39)41)6-7-20(23)17-38(26)16-18-4-8-22(9-5-18)42-29-24(32)13-21(33)14-25(29)34/h4-9,12-15,26H,3,10-11,16-17H2,1-2H3,(H,36,40,41). The monoisotopic (exact) mass is 591 g/mol. The summed E-state index contributed by atoms with van der Waals surface area (Å²) in [5.74, 6) is -0.354. The quantitative estimate of drug-likeness (QED) is 0.258. The number of halogens is 3. The molecule has 11 heteroatoms. The Kier molecular flexibility index (Phi) is 7.42. The maximum absolute atomic E-state index is 14.1. The fraction of sp³-hybridized carbons (Fsp3) is 0.258. The van der Waals surface area contributed by atoms with Gasteiger partial charge in [-0.2, -0.15) is 0 Å². The minimum Gasteiger partial charge on any atom is -0.453 e. The molecule has 6 rings (SSSR count). The van der Waals surface area contributed by atoms with Gasteiger partial charge in [0.25, 0.3) is 0 Å². The summed E-state index contributed by atoms with van der Waals surface area (Å²) in [4.78, 5) is 32.5. The number of ether oxygens (including phenoxy) is 1. The van der Waals surface area contributed by atoms with Crippen molar-refractivity contribution in [2.24, 2.45) is 7.05 Å². The van der Waals surface area contributed by atoms with Crippen molar-refractivity contribution in [3.05, 3.63) is 94.1 Å². The van der Waals surface area contributed by atoms with Crippen molar-refractivity contribution < 1.29 is 23.1 Å². The third-order valence-corrected chi connectivity index (χ3v) is 8.03. The molecule has 42 heavy (non-hydrogen) atoms. The van der Waals surface area contributed by atoms with Gasteiger partial charge in [-0.15, -0.1) is 0 Å². The van der Waals surface area contributed by atoms with Crippen molar-refractivity contribution >= 4 is 29.4 Å². The van der Waals surface area contributed by atoms with Crippen molar-refractivity contribution in [3.63, 3.8) is 0 Å². The molecule has 0 aliphatic carbocycles. The van der Waals surface area contributed by atoms with Crippen LogP contribution in [0.25, 0.3) is 11.4 Å². The Hall–Kier alpha value is -4.28. The van der Waals surface area contributed by atoms with Crippen molar-refractivity contribution in [1.29, 1.82) is 0 Å². The van der Waals surface area contributed by atoms with E-state index in [4.69, 9.17) is 16.3 Å². The minimum absolute atomic E-state index is 0.133. The van der Waals surface area contributed by atoms with E-state index in [1.165, 1.54) is 16.0 Å². The lowest BCUT2D eigenvalue weighted by Gasteiger charge is -2.26. The largest absolute Gasteiger partial charge is 0.453 e. The molecule has 1 saturated heterocycles. The van der Waals surface area contributed by atoms with Crippen LogP contribution < -0.4 is 15.0 Å². The number of anilines is 1. The normalized spacial score (nSPS) is 17.0. The van der Waals surface area contributed by atoms with Gasteiger partial charge in [-0.25, -0.2) is 18.6 Å². The predicted octanol–water partition coefficient (Wildman–Crippen LogP) is 6.72. The molecule has 2 aliphatic rings. The van der Waals surface area contributed by atoms with Crippen LogP contribution in [0.2, 0.25) is 5.02 Å². The Morgan fingerprint density at radius 2 is 1.88 bits per heavy atom. The van der Waals surface area contributed by atoms with Crippen LogP contribution in [-0.4, -0.2) is 32.9 Å². The number of hydrogen-bond acceptors (Lipinski definition) is 5. The second-order valence-electron chi connectivity index (χ2n) is 10.4. The number of benzene rings is 3. The summed E-state index contributed by atoms with van der Waals surface area (Å²) in [5.41, 5.74) is 4.49. The van der Waals surface area contributed by atoms with Gasteiger partial charge < -0.3 is 9.30 Å². The van der Waals surface area contributed by atoms with E-state index in [1.807, 2.05) is 29.8 Å². The summed E-state index contributed by atoms with van der Waals surface area (Å²) in [6, 6.07) is 15.2. The maximum Gasteiger partial charge on any atom is 0.329 e. The van der Waals surface area contributed by atoms with E-state index in [0.717, 1.165) is 42.0 Å². The van der Waals surface area contributed by atoms with E-state index in [1.54, 1.807) is 18.3 Å². The van der Waals surface area contributed by atoms with Crippen molar-refractivity contribution in [2.75, 3.05) is 11.4 Å². The zero-order chi connectivity index (χ0) is 29.5. The number of nitrogens with zero attached hydrogens (tertiary/aromatic N) is 4. The Bertz CT molecular complexity index is 1670. The molecular weight excluding hydrogens is 564 g/mol. The van der Waals surface area contributed by atoms with Crippen LogP contribution in [0, 0.1) is 11.6 Å². The minimum atomic E-state index is -0.862. The van der Waals surface area contributed by atoms with Gasteiger partial charge in [-0.3, -0.25) is 19.9 Å². The summed E-state index contributed by atoms with van der Waals surface area (Å²) in [7, 11) is 1.87. The summed E-state index contributed by atoms with van der Waals surface area (Å²) in [6.07, 6.45) is 2.82. The number of carbonyl (C=O) groups excluding carboxylic acids is 2. The van der Waals surface area contributed by atoms with E-state index < -0.39 is 17.7 Å². The molecule has 0 radical (unpaired) electrons. The molecule has 0 spiro atoms. The number of urea groups is 1. The van der Waals surface area contributed by atoms with Crippen molar-refractivity contribution in [2.45, 2.75) is 38.9 Å². The first kappa shape index (κ1) is 27.9. The van der Waals surface area contributed by atoms with Gasteiger partial charge in [-0.1, -0.05) is 42.8 Å². The van der Waals surface area contributed by atoms with Gasteiger partial charge in [0.05, 0.1) is 11.2 Å². The zero-order valence-corrected chi connectivity index (χ0v) is 23.8. The second-order valence-corrected chi connectivity index (χ2v) is 10.8. The molecule has 2 aliphatic heterocycles. The number of carbonyl (C=O) groups is 2. The number of aromatic nitrogens is 2. The average molecular weight is 592 g/mol. The highest BCUT2D eigenvalue weighted by atomic mass is 35.5. The first-order valence-corrected chi connectivity index (χ1v) is 14.0. The number of nitrogens with one attached hydrogen (secondary N) is 1. The summed E-state index contributed by atoms with van der Waals surface area (Å²) < 4.78 is 35.0. The highest BCUT2D eigenvalue weighted by Crippen LogP contribution is 2.40. The maximum atomic E-state index is 14.1. The first-order valence-electron chi connectivity index (χ1n) is 13.6. The summed E-state index contributed by atoms with van der Waals surface area (Å²) in [6.45, 7) is 3.96. The van der Waals surface area contributed by atoms with Crippen LogP contribution in [-0.2, 0) is 24.9 Å². The SMILES string of the molecule is CCC1c2cc(-c3ncc(N4CCC(=O)NC4=O)n3C)ccc2CN1Cc1ccc(Oc2c(F)cc(F)cc2Cl)cc1. The number of imide groups is 1. The number of amides is 3. The van der Waals surface area contributed by atoms with Gasteiger partial charge in [0.15, 0.2) is 11.6 Å². The van der Waals surface area contributed by atoms with Crippen LogP contribution >= 0.6 is 11.6 Å². The average Bonchev–Trinajstić information content (AvgIpc) is 3.50. The second kappa shape index (κ2) is 11.2. The molecule has 3 heterocycles. The highest BCUT2D eigenvalue weighted by Gasteiger charge is 2.31. The van der Waals surface area contributed by atoms with E-state index in [0.29, 0.717) is 24.7 Å². The topological polar surface area (TPSA) is 79.7 Å². The molecule has 1 fully saturated rings. The third-order valence-electron chi connectivity index (χ3n) is 7.75. The van der Waals surface area contributed by atoms with Crippen LogP contribution in [0.1, 0.15) is 42.5 Å². The van der Waals surface area contributed by atoms with Crippen molar-refractivity contribution in [1.82, 2.24) is 19.8 Å². The Morgan fingerprint density at radius 3 is 2.60 bits per heavy atom. The lowest BCUT2D eigenvalue weighted by Crippen LogP contribution is -2.50. The van der Waals surface area contributed by atoms with Gasteiger partial charge in [0.2, 0.25) is 5.91 Å². The fourth-order valence-corrected chi connectivity index (χ4v) is 5.94. The molecule has 1 N–H and O–H groups in total. The molecule has 0 bridgehead atoms. The molecule has 216 valence electrons. The Balaban J connectivity index is 1.18. The van der Waals surface area contributed by atoms with E-state index in [-0.39, 0.29) is 29.1 Å². The first-order chi connectivity index (χ1) is 20.2. The summed E-state index contributed by atoms with van der Waals surface area (Å²) in [5, 5.41) is 2.23. The highest BCUT2D eigenvalue weighted by molar-refractivity contribution is 6.32. The van der Waals surface area contributed by atoms with Crippen LogP contribution in [0.4, 0.5) is 19.4 Å². The smallest absolute Gasteiger partial charge is 0.329 e. The lowest BCUT2D eigenvalue weighted by atomic mass is 9.99. The van der Waals surface area contributed by atoms with Gasteiger partial charge in [-0.05, 0) is 47.4 Å². The molecule has 0 saturated carbocycles. The fourth-order valence-electron chi connectivity index (χ4n) is 5.70. The number of imidazole rings is 1. The van der Waals surface area contributed by atoms with Crippen molar-refractivity contribution in [3.8, 4) is 22.9 Å². The van der Waals surface area contributed by atoms with Gasteiger partial charge >= 0.3 is 6.03 Å². The van der Waals surface area contributed by atoms with E-state index in [2.05, 4.69) is 34.3 Å². The number of fused-ring (bicyclic) bond motifs is 1. The van der Waals surface area contributed by atoms with E-state index >= 15 is 0 Å². The van der Waals surface area contributed by atoms with Gasteiger partial charge in [0, 0.05) is 50.8 Å². The number of hydrogen-bond donors (Lipinski definition) is 1. The molecule has 3 aromatic carbocycles. The zero-order valence-electron chi connectivity index (χ0n) is 23.0. The Morgan fingerprint density at radius 1 is 1.10 bits per heavy atom. The Labute approximate surface area is 246 Å². The number of rotatable bonds is 7. The van der Waals surface area contributed by atoms with Gasteiger partial charge in [0.1, 0.15) is 23.2 Å². The van der Waals surface area contributed by atoms with E-state index in [9.17, 15) is 18.4 Å². The van der Waals surface area contributed by atoms with Crippen LogP contribution in [0.15, 0.2) is 60.8 Å².